The van der Waals surface area contributed by atoms with E-state index in [4.69, 9.17) is 5.11 Å². The molecule has 0 spiro atoms. The van der Waals surface area contributed by atoms with Crippen LogP contribution in [0.15, 0.2) is 18.2 Å². The molecule has 3 rings (SSSR count). The SMILES string of the molecule is O=C(O)CC1(O)CCN(c2ccc(N3CCC(=O)NC3=O)cc2F)CC1. The summed E-state index contributed by atoms with van der Waals surface area (Å²) in [5.74, 6) is -1.93. The number of aliphatic hydroxyl groups is 1. The number of rotatable bonds is 4. The van der Waals surface area contributed by atoms with Gasteiger partial charge < -0.3 is 15.1 Å². The number of hydrogen-bond donors (Lipinski definition) is 3. The molecule has 0 aliphatic carbocycles. The number of nitrogens with one attached hydrogen (secondary N) is 1. The molecule has 9 heteroatoms. The van der Waals surface area contributed by atoms with Crippen LogP contribution in [0.5, 0.6) is 0 Å². The Morgan fingerprint density at radius 1 is 1.23 bits per heavy atom. The van der Waals surface area contributed by atoms with E-state index in [1.807, 2.05) is 0 Å². The van der Waals surface area contributed by atoms with Crippen molar-refractivity contribution in [2.45, 2.75) is 31.3 Å². The van der Waals surface area contributed by atoms with Crippen LogP contribution >= 0.6 is 0 Å². The van der Waals surface area contributed by atoms with Crippen LogP contribution in [0.25, 0.3) is 0 Å². The third kappa shape index (κ3) is 3.77. The number of hydrogen-bond acceptors (Lipinski definition) is 5. The number of imide groups is 1. The predicted molar refractivity (Wildman–Crippen MR) is 90.6 cm³/mol. The minimum absolute atomic E-state index is 0.156. The first-order valence-corrected chi connectivity index (χ1v) is 8.37. The van der Waals surface area contributed by atoms with E-state index >= 15 is 0 Å². The highest BCUT2D eigenvalue weighted by Gasteiger charge is 2.35. The summed E-state index contributed by atoms with van der Waals surface area (Å²) in [6, 6.07) is 3.81. The minimum atomic E-state index is -1.27. The quantitative estimate of drug-likeness (QED) is 0.736. The predicted octanol–water partition coefficient (Wildman–Crippen LogP) is 1.08. The molecule has 2 fully saturated rings. The monoisotopic (exact) mass is 365 g/mol. The third-order valence-electron chi connectivity index (χ3n) is 4.81. The van der Waals surface area contributed by atoms with Gasteiger partial charge in [-0.25, -0.2) is 9.18 Å². The molecule has 0 atom stereocenters. The molecule has 8 nitrogen and oxygen atoms in total. The Morgan fingerprint density at radius 3 is 2.50 bits per heavy atom. The minimum Gasteiger partial charge on any atom is -0.481 e. The zero-order valence-electron chi connectivity index (χ0n) is 14.1. The van der Waals surface area contributed by atoms with Crippen molar-refractivity contribution in [2.75, 3.05) is 29.4 Å². The first-order valence-electron chi connectivity index (χ1n) is 8.37. The maximum atomic E-state index is 14.6. The molecular formula is C17H20FN3O5. The van der Waals surface area contributed by atoms with Crippen molar-refractivity contribution in [1.29, 1.82) is 0 Å². The molecule has 26 heavy (non-hydrogen) atoms. The number of carbonyl (C=O) groups is 3. The van der Waals surface area contributed by atoms with Crippen molar-refractivity contribution in [3.8, 4) is 0 Å². The second-order valence-electron chi connectivity index (χ2n) is 6.67. The molecule has 0 bridgehead atoms. The molecule has 0 saturated carbocycles. The van der Waals surface area contributed by atoms with Gasteiger partial charge in [-0.05, 0) is 31.0 Å². The number of carboxylic acid groups (broad SMARTS) is 1. The summed E-state index contributed by atoms with van der Waals surface area (Å²) in [5.41, 5.74) is -0.577. The number of carbonyl (C=O) groups excluding carboxylic acids is 2. The summed E-state index contributed by atoms with van der Waals surface area (Å²) in [6.07, 6.45) is 0.294. The Balaban J connectivity index is 1.70. The Hall–Kier alpha value is -2.68. The number of halogens is 1. The van der Waals surface area contributed by atoms with Crippen molar-refractivity contribution in [1.82, 2.24) is 5.32 Å². The lowest BCUT2D eigenvalue weighted by Gasteiger charge is -2.38. The van der Waals surface area contributed by atoms with Gasteiger partial charge in [-0.3, -0.25) is 19.8 Å². The molecule has 2 heterocycles. The van der Waals surface area contributed by atoms with Crippen LogP contribution in [0.1, 0.15) is 25.7 Å². The fourth-order valence-corrected chi connectivity index (χ4v) is 3.35. The molecule has 0 aromatic heterocycles. The number of aliphatic carboxylic acids is 1. The van der Waals surface area contributed by atoms with Crippen LogP contribution in [0.4, 0.5) is 20.6 Å². The van der Waals surface area contributed by atoms with E-state index in [9.17, 15) is 23.9 Å². The summed E-state index contributed by atoms with van der Waals surface area (Å²) in [5, 5.41) is 21.3. The topological polar surface area (TPSA) is 110 Å². The molecule has 2 aliphatic rings. The Kier molecular flexibility index (Phi) is 4.82. The van der Waals surface area contributed by atoms with Crippen LogP contribution in [0.2, 0.25) is 0 Å². The fraction of sp³-hybridized carbons (Fsp3) is 0.471. The fourth-order valence-electron chi connectivity index (χ4n) is 3.35. The lowest BCUT2D eigenvalue weighted by Crippen LogP contribution is -2.49. The van der Waals surface area contributed by atoms with Gasteiger partial charge in [-0.2, -0.15) is 0 Å². The molecule has 1 aromatic carbocycles. The molecular weight excluding hydrogens is 345 g/mol. The summed E-state index contributed by atoms with van der Waals surface area (Å²) >= 11 is 0. The van der Waals surface area contributed by atoms with E-state index in [2.05, 4.69) is 5.32 Å². The third-order valence-corrected chi connectivity index (χ3v) is 4.81. The van der Waals surface area contributed by atoms with E-state index in [1.165, 1.54) is 11.0 Å². The van der Waals surface area contributed by atoms with E-state index < -0.39 is 23.4 Å². The van der Waals surface area contributed by atoms with Crippen molar-refractivity contribution < 1.29 is 29.0 Å². The van der Waals surface area contributed by atoms with Crippen LogP contribution in [0, 0.1) is 5.82 Å². The van der Waals surface area contributed by atoms with E-state index in [0.717, 1.165) is 0 Å². The van der Waals surface area contributed by atoms with E-state index in [0.29, 0.717) is 24.5 Å². The summed E-state index contributed by atoms with van der Waals surface area (Å²) in [6.45, 7) is 0.854. The Bertz CT molecular complexity index is 746. The van der Waals surface area contributed by atoms with Gasteiger partial charge in [0.2, 0.25) is 5.91 Å². The molecule has 0 unspecified atom stereocenters. The van der Waals surface area contributed by atoms with Crippen molar-refractivity contribution in [2.24, 2.45) is 0 Å². The van der Waals surface area contributed by atoms with Crippen LogP contribution < -0.4 is 15.1 Å². The second kappa shape index (κ2) is 6.91. The van der Waals surface area contributed by atoms with Crippen LogP contribution in [-0.4, -0.2) is 53.4 Å². The number of nitrogens with zero attached hydrogens (tertiary/aromatic N) is 2. The molecule has 3 amide bonds. The van der Waals surface area contributed by atoms with Gasteiger partial charge in [-0.15, -0.1) is 0 Å². The highest BCUT2D eigenvalue weighted by molar-refractivity contribution is 6.05. The Morgan fingerprint density at radius 2 is 1.92 bits per heavy atom. The molecule has 1 aromatic rings. The van der Waals surface area contributed by atoms with Crippen molar-refractivity contribution in [3.05, 3.63) is 24.0 Å². The summed E-state index contributed by atoms with van der Waals surface area (Å²) in [7, 11) is 0. The van der Waals surface area contributed by atoms with Gasteiger partial charge in [-0.1, -0.05) is 0 Å². The van der Waals surface area contributed by atoms with E-state index in [1.54, 1.807) is 17.0 Å². The van der Waals surface area contributed by atoms with Crippen molar-refractivity contribution >= 4 is 29.3 Å². The molecule has 0 radical (unpaired) electrons. The number of piperidine rings is 1. The standard InChI is InChI=1S/C17H20FN3O5/c18-12-9-11(21-6-3-14(22)19-16(21)25)1-2-13(12)20-7-4-17(26,5-8-20)10-15(23)24/h1-2,9,26H,3-8,10H2,(H,23,24)(H,19,22,25). The lowest BCUT2D eigenvalue weighted by atomic mass is 9.88. The number of benzene rings is 1. The van der Waals surface area contributed by atoms with Gasteiger partial charge in [0, 0.05) is 31.7 Å². The van der Waals surface area contributed by atoms with Gasteiger partial charge in [0.25, 0.3) is 0 Å². The summed E-state index contributed by atoms with van der Waals surface area (Å²) in [4.78, 5) is 36.9. The van der Waals surface area contributed by atoms with Crippen molar-refractivity contribution in [3.63, 3.8) is 0 Å². The number of amides is 3. The maximum Gasteiger partial charge on any atom is 0.328 e. The molecule has 2 aliphatic heterocycles. The molecule has 140 valence electrons. The van der Waals surface area contributed by atoms with Gasteiger partial charge in [0.1, 0.15) is 5.82 Å². The first kappa shape index (κ1) is 18.1. The molecule has 2 saturated heterocycles. The number of urea groups is 1. The highest BCUT2D eigenvalue weighted by atomic mass is 19.1. The van der Waals surface area contributed by atoms with Gasteiger partial charge in [0.15, 0.2) is 0 Å². The average molecular weight is 365 g/mol. The number of anilines is 2. The van der Waals surface area contributed by atoms with E-state index in [-0.39, 0.29) is 38.1 Å². The van der Waals surface area contributed by atoms with Crippen LogP contribution in [-0.2, 0) is 9.59 Å². The normalized spacial score (nSPS) is 20.1. The van der Waals surface area contributed by atoms with Crippen LogP contribution in [0.3, 0.4) is 0 Å². The smallest absolute Gasteiger partial charge is 0.328 e. The maximum absolute atomic E-state index is 14.6. The van der Waals surface area contributed by atoms with Gasteiger partial charge >= 0.3 is 12.0 Å². The summed E-state index contributed by atoms with van der Waals surface area (Å²) < 4.78 is 14.6. The lowest BCUT2D eigenvalue weighted by molar-refractivity contribution is -0.143. The Labute approximate surface area is 149 Å². The number of carboxylic acids is 1. The van der Waals surface area contributed by atoms with Gasteiger partial charge in [0.05, 0.1) is 17.7 Å². The first-order chi connectivity index (χ1) is 12.3. The highest BCUT2D eigenvalue weighted by Crippen LogP contribution is 2.32. The zero-order valence-corrected chi connectivity index (χ0v) is 14.1. The largest absolute Gasteiger partial charge is 0.481 e. The molecule has 3 N–H and O–H groups in total. The second-order valence-corrected chi connectivity index (χ2v) is 6.67. The average Bonchev–Trinajstić information content (AvgIpc) is 2.55. The zero-order chi connectivity index (χ0) is 18.9.